The van der Waals surface area contributed by atoms with Crippen LogP contribution in [-0.4, -0.2) is 44.8 Å². The molecule has 4 heterocycles. The topological polar surface area (TPSA) is 88.1 Å². The number of thiazole rings is 1. The molecule has 2 amide bonds. The Kier molecular flexibility index (Phi) is 5.13. The molecule has 8 heteroatoms. The van der Waals surface area contributed by atoms with Crippen LogP contribution in [-0.2, 0) is 0 Å². The van der Waals surface area contributed by atoms with Gasteiger partial charge in [-0.15, -0.1) is 11.3 Å². The van der Waals surface area contributed by atoms with Crippen molar-refractivity contribution >= 4 is 39.2 Å². The lowest BCUT2D eigenvalue weighted by Gasteiger charge is -2.17. The fourth-order valence-electron chi connectivity index (χ4n) is 3.88. The van der Waals surface area contributed by atoms with Gasteiger partial charge in [0.1, 0.15) is 5.69 Å². The van der Waals surface area contributed by atoms with Crippen LogP contribution in [0.15, 0.2) is 66.3 Å². The zero-order valence-electron chi connectivity index (χ0n) is 16.6. The maximum Gasteiger partial charge on any atom is 0.272 e. The first-order chi connectivity index (χ1) is 15.2. The molecule has 3 aromatic heterocycles. The van der Waals surface area contributed by atoms with Crippen molar-refractivity contribution in [2.45, 2.75) is 12.3 Å². The van der Waals surface area contributed by atoms with E-state index in [1.54, 1.807) is 29.4 Å². The molecule has 1 fully saturated rings. The fourth-order valence-corrected chi connectivity index (χ4v) is 4.40. The number of benzene rings is 1. The van der Waals surface area contributed by atoms with E-state index < -0.39 is 0 Å². The largest absolute Gasteiger partial charge is 0.337 e. The predicted octanol–water partition coefficient (Wildman–Crippen LogP) is 3.97. The SMILES string of the molecule is O=C(Nc1nccs1)c1cc([C@@H]2CCN(C(=O)c3ccccn3)C2)nc2ccccc12. The average molecular weight is 430 g/mol. The van der Waals surface area contributed by atoms with Crippen LogP contribution in [0.4, 0.5) is 5.13 Å². The zero-order chi connectivity index (χ0) is 21.2. The molecule has 154 valence electrons. The molecule has 0 radical (unpaired) electrons. The summed E-state index contributed by atoms with van der Waals surface area (Å²) in [6.45, 7) is 1.18. The van der Waals surface area contributed by atoms with Gasteiger partial charge in [0.25, 0.3) is 11.8 Å². The molecular weight excluding hydrogens is 410 g/mol. The lowest BCUT2D eigenvalue weighted by Crippen LogP contribution is -2.29. The van der Waals surface area contributed by atoms with E-state index in [4.69, 9.17) is 4.98 Å². The monoisotopic (exact) mass is 429 g/mol. The number of likely N-dealkylation sites (tertiary alicyclic amines) is 1. The summed E-state index contributed by atoms with van der Waals surface area (Å²) >= 11 is 1.37. The van der Waals surface area contributed by atoms with Crippen LogP contribution in [0.2, 0.25) is 0 Å². The lowest BCUT2D eigenvalue weighted by molar-refractivity contribution is 0.0784. The number of hydrogen-bond donors (Lipinski definition) is 1. The van der Waals surface area contributed by atoms with Gasteiger partial charge in [-0.1, -0.05) is 24.3 Å². The third-order valence-corrected chi connectivity index (χ3v) is 6.10. The summed E-state index contributed by atoms with van der Waals surface area (Å²) in [5, 5.41) is 6.03. The van der Waals surface area contributed by atoms with E-state index in [0.717, 1.165) is 23.0 Å². The highest BCUT2D eigenvalue weighted by atomic mass is 32.1. The highest BCUT2D eigenvalue weighted by Gasteiger charge is 2.30. The van der Waals surface area contributed by atoms with Crippen molar-refractivity contribution < 1.29 is 9.59 Å². The number of hydrogen-bond acceptors (Lipinski definition) is 6. The molecule has 0 saturated carbocycles. The van der Waals surface area contributed by atoms with Crippen molar-refractivity contribution in [1.29, 1.82) is 0 Å². The third kappa shape index (κ3) is 3.89. The number of anilines is 1. The number of nitrogens with one attached hydrogen (secondary N) is 1. The van der Waals surface area contributed by atoms with Crippen molar-refractivity contribution in [2.75, 3.05) is 18.4 Å². The van der Waals surface area contributed by atoms with Crippen molar-refractivity contribution in [2.24, 2.45) is 0 Å². The number of fused-ring (bicyclic) bond motifs is 1. The standard InChI is InChI=1S/C23H19N5O2S/c29-21(27-23-25-10-12-31-23)17-13-20(26-18-6-2-1-5-16(17)18)15-8-11-28(14-15)22(30)19-7-3-4-9-24-19/h1-7,9-10,12-13,15H,8,11,14H2,(H,25,27,29)/t15-/m1/s1. The Hall–Kier alpha value is -3.65. The molecule has 1 aliphatic heterocycles. The normalized spacial score (nSPS) is 15.9. The molecule has 0 spiro atoms. The number of nitrogens with zero attached hydrogens (tertiary/aromatic N) is 4. The van der Waals surface area contributed by atoms with E-state index in [9.17, 15) is 9.59 Å². The highest BCUT2D eigenvalue weighted by Crippen LogP contribution is 2.30. The van der Waals surface area contributed by atoms with Gasteiger partial charge in [0.15, 0.2) is 5.13 Å². The third-order valence-electron chi connectivity index (χ3n) is 5.41. The molecule has 1 N–H and O–H groups in total. The summed E-state index contributed by atoms with van der Waals surface area (Å²) in [4.78, 5) is 40.7. The van der Waals surface area contributed by atoms with Gasteiger partial charge in [-0.25, -0.2) is 4.98 Å². The maximum atomic E-state index is 13.0. The fraction of sp³-hybridized carbons (Fsp3) is 0.174. The van der Waals surface area contributed by atoms with Gasteiger partial charge in [0.05, 0.1) is 11.1 Å². The number of rotatable bonds is 4. The first-order valence-electron chi connectivity index (χ1n) is 10.00. The Morgan fingerprint density at radius 1 is 1.06 bits per heavy atom. The van der Waals surface area contributed by atoms with Crippen LogP contribution >= 0.6 is 11.3 Å². The van der Waals surface area contributed by atoms with Crippen LogP contribution < -0.4 is 5.32 Å². The Balaban J connectivity index is 1.44. The summed E-state index contributed by atoms with van der Waals surface area (Å²) in [6.07, 6.45) is 4.07. The second-order valence-corrected chi connectivity index (χ2v) is 8.25. The summed E-state index contributed by atoms with van der Waals surface area (Å²) in [5.41, 5.74) is 2.58. The van der Waals surface area contributed by atoms with Gasteiger partial charge < -0.3 is 4.90 Å². The number of carbonyl (C=O) groups is 2. The molecule has 31 heavy (non-hydrogen) atoms. The minimum absolute atomic E-state index is 0.0590. The van der Waals surface area contributed by atoms with Gasteiger partial charge in [-0.05, 0) is 30.7 Å². The summed E-state index contributed by atoms with van der Waals surface area (Å²) < 4.78 is 0. The molecule has 1 aliphatic rings. The van der Waals surface area contributed by atoms with Crippen molar-refractivity contribution in [1.82, 2.24) is 19.9 Å². The summed E-state index contributed by atoms with van der Waals surface area (Å²) in [7, 11) is 0. The van der Waals surface area contributed by atoms with E-state index in [1.807, 2.05) is 41.8 Å². The lowest BCUT2D eigenvalue weighted by atomic mass is 9.99. The number of aromatic nitrogens is 3. The van der Waals surface area contributed by atoms with E-state index in [2.05, 4.69) is 15.3 Å². The molecule has 1 aromatic carbocycles. The van der Waals surface area contributed by atoms with Crippen LogP contribution in [0.5, 0.6) is 0 Å². The highest BCUT2D eigenvalue weighted by molar-refractivity contribution is 7.13. The molecular formula is C23H19N5O2S. The van der Waals surface area contributed by atoms with E-state index in [-0.39, 0.29) is 17.7 Å². The molecule has 0 unspecified atom stereocenters. The van der Waals surface area contributed by atoms with Gasteiger partial charge in [-0.2, -0.15) is 0 Å². The first kappa shape index (κ1) is 19.3. The maximum absolute atomic E-state index is 13.0. The van der Waals surface area contributed by atoms with E-state index in [0.29, 0.717) is 29.5 Å². The first-order valence-corrected chi connectivity index (χ1v) is 10.9. The van der Waals surface area contributed by atoms with Crippen molar-refractivity contribution in [3.8, 4) is 0 Å². The van der Waals surface area contributed by atoms with Gasteiger partial charge >= 0.3 is 0 Å². The number of para-hydroxylation sites is 1. The minimum atomic E-state index is -0.214. The second-order valence-electron chi connectivity index (χ2n) is 7.35. The average Bonchev–Trinajstić information content (AvgIpc) is 3.51. The molecule has 7 nitrogen and oxygen atoms in total. The molecule has 1 atom stereocenters. The zero-order valence-corrected chi connectivity index (χ0v) is 17.4. The Labute approximate surface area is 182 Å². The number of amides is 2. The van der Waals surface area contributed by atoms with Gasteiger partial charge in [-0.3, -0.25) is 24.9 Å². The quantitative estimate of drug-likeness (QED) is 0.530. The summed E-state index contributed by atoms with van der Waals surface area (Å²) in [5.74, 6) is -0.233. The van der Waals surface area contributed by atoms with Gasteiger partial charge in [0.2, 0.25) is 0 Å². The Bertz CT molecular complexity index is 1240. The van der Waals surface area contributed by atoms with Gasteiger partial charge in [0, 0.05) is 47.9 Å². The van der Waals surface area contributed by atoms with E-state index >= 15 is 0 Å². The predicted molar refractivity (Wildman–Crippen MR) is 119 cm³/mol. The molecule has 1 saturated heterocycles. The minimum Gasteiger partial charge on any atom is -0.337 e. The molecule has 0 bridgehead atoms. The Morgan fingerprint density at radius 3 is 2.74 bits per heavy atom. The van der Waals surface area contributed by atoms with Crippen LogP contribution in [0.3, 0.4) is 0 Å². The number of carbonyl (C=O) groups excluding carboxylic acids is 2. The molecule has 5 rings (SSSR count). The molecule has 0 aliphatic carbocycles. The van der Waals surface area contributed by atoms with Crippen LogP contribution in [0.1, 0.15) is 38.9 Å². The van der Waals surface area contributed by atoms with Crippen LogP contribution in [0, 0.1) is 0 Å². The van der Waals surface area contributed by atoms with E-state index in [1.165, 1.54) is 11.3 Å². The smallest absolute Gasteiger partial charge is 0.272 e. The van der Waals surface area contributed by atoms with Crippen molar-refractivity contribution in [3.05, 3.63) is 83.3 Å². The Morgan fingerprint density at radius 2 is 1.94 bits per heavy atom. The van der Waals surface area contributed by atoms with Crippen molar-refractivity contribution in [3.63, 3.8) is 0 Å². The van der Waals surface area contributed by atoms with Crippen LogP contribution in [0.25, 0.3) is 10.9 Å². The summed E-state index contributed by atoms with van der Waals surface area (Å²) in [6, 6.07) is 14.8. The molecule has 4 aromatic rings. The number of pyridine rings is 2. The second kappa shape index (κ2) is 8.23.